The number of benzene rings is 1. The van der Waals surface area contributed by atoms with Crippen molar-refractivity contribution >= 4 is 17.8 Å². The van der Waals surface area contributed by atoms with Crippen molar-refractivity contribution in [2.45, 2.75) is 26.8 Å². The average molecular weight is 344 g/mol. The number of esters is 1. The summed E-state index contributed by atoms with van der Waals surface area (Å²) in [6.45, 7) is 4.98. The highest BCUT2D eigenvalue weighted by atomic mass is 16.5. The summed E-state index contributed by atoms with van der Waals surface area (Å²) < 4.78 is 6.72. The lowest BCUT2D eigenvalue weighted by atomic mass is 10.2. The van der Waals surface area contributed by atoms with E-state index in [9.17, 15) is 9.59 Å². The molecule has 0 radical (unpaired) electrons. The number of hydrogen-bond donors (Lipinski definition) is 1. The lowest BCUT2D eigenvalue weighted by Gasteiger charge is -2.20. The van der Waals surface area contributed by atoms with Crippen molar-refractivity contribution < 1.29 is 14.3 Å². The number of hydrogen-bond acceptors (Lipinski definition) is 4. The van der Waals surface area contributed by atoms with Gasteiger partial charge in [0.05, 0.1) is 19.3 Å². The standard InChI is InChI=1S/C18H24N4O3/c1-4-11-19-18(24)21(3)16-15(17(23)25-5-2)12-20-22(16)13-14-9-7-6-8-10-14/h6-10,12H,4-5,11,13H2,1-3H3,(H,19,24). The first kappa shape index (κ1) is 18.5. The zero-order valence-corrected chi connectivity index (χ0v) is 14.9. The van der Waals surface area contributed by atoms with Gasteiger partial charge in [-0.2, -0.15) is 5.10 Å². The molecule has 0 saturated heterocycles. The Balaban J connectivity index is 2.35. The van der Waals surface area contributed by atoms with E-state index in [2.05, 4.69) is 10.4 Å². The lowest BCUT2D eigenvalue weighted by Crippen LogP contribution is -2.39. The molecule has 2 amide bonds. The largest absolute Gasteiger partial charge is 0.462 e. The van der Waals surface area contributed by atoms with Gasteiger partial charge in [-0.3, -0.25) is 4.90 Å². The summed E-state index contributed by atoms with van der Waals surface area (Å²) in [6.07, 6.45) is 2.27. The van der Waals surface area contributed by atoms with Crippen molar-refractivity contribution in [2.75, 3.05) is 25.1 Å². The zero-order chi connectivity index (χ0) is 18.2. The molecule has 0 saturated carbocycles. The molecule has 2 aromatic rings. The highest BCUT2D eigenvalue weighted by Gasteiger charge is 2.25. The Morgan fingerprint density at radius 2 is 1.96 bits per heavy atom. The molecule has 1 aromatic heterocycles. The normalized spacial score (nSPS) is 10.4. The molecule has 0 atom stereocenters. The Morgan fingerprint density at radius 1 is 1.24 bits per heavy atom. The molecule has 0 bridgehead atoms. The van der Waals surface area contributed by atoms with Gasteiger partial charge in [-0.25, -0.2) is 14.3 Å². The SMILES string of the molecule is CCCNC(=O)N(C)c1c(C(=O)OCC)cnn1Cc1ccccc1. The second-order valence-electron chi connectivity index (χ2n) is 5.54. The van der Waals surface area contributed by atoms with Crippen molar-refractivity contribution in [3.8, 4) is 0 Å². The number of nitrogens with one attached hydrogen (secondary N) is 1. The van der Waals surface area contributed by atoms with Crippen LogP contribution >= 0.6 is 0 Å². The van der Waals surface area contributed by atoms with E-state index in [1.165, 1.54) is 11.1 Å². The van der Waals surface area contributed by atoms with Crippen LogP contribution in [0.3, 0.4) is 0 Å². The van der Waals surface area contributed by atoms with E-state index in [1.807, 2.05) is 37.3 Å². The molecule has 0 aliphatic heterocycles. The number of carbonyl (C=O) groups is 2. The van der Waals surface area contributed by atoms with Crippen molar-refractivity contribution in [1.29, 1.82) is 0 Å². The first-order valence-electron chi connectivity index (χ1n) is 8.36. The zero-order valence-electron chi connectivity index (χ0n) is 14.9. The number of carbonyl (C=O) groups excluding carboxylic acids is 2. The van der Waals surface area contributed by atoms with E-state index in [-0.39, 0.29) is 18.2 Å². The van der Waals surface area contributed by atoms with Crippen LogP contribution in [0.5, 0.6) is 0 Å². The maximum atomic E-state index is 12.4. The van der Waals surface area contributed by atoms with E-state index in [1.54, 1.807) is 18.7 Å². The van der Waals surface area contributed by atoms with Crippen molar-refractivity contribution in [3.63, 3.8) is 0 Å². The maximum absolute atomic E-state index is 12.4. The van der Waals surface area contributed by atoms with Gasteiger partial charge < -0.3 is 10.1 Å². The molecule has 2 rings (SSSR count). The molecule has 0 fully saturated rings. The number of anilines is 1. The number of nitrogens with zero attached hydrogens (tertiary/aromatic N) is 3. The summed E-state index contributed by atoms with van der Waals surface area (Å²) in [4.78, 5) is 26.0. The summed E-state index contributed by atoms with van der Waals surface area (Å²) in [5, 5.41) is 7.10. The van der Waals surface area contributed by atoms with E-state index in [0.717, 1.165) is 12.0 Å². The number of aromatic nitrogens is 2. The molecule has 134 valence electrons. The smallest absolute Gasteiger partial charge is 0.343 e. The molecule has 1 heterocycles. The van der Waals surface area contributed by atoms with Crippen LogP contribution in [0.25, 0.3) is 0 Å². The molecular weight excluding hydrogens is 320 g/mol. The van der Waals surface area contributed by atoms with Crippen molar-refractivity contribution in [3.05, 3.63) is 47.7 Å². The van der Waals surface area contributed by atoms with Gasteiger partial charge >= 0.3 is 12.0 Å². The van der Waals surface area contributed by atoms with E-state index in [4.69, 9.17) is 4.74 Å². The summed E-state index contributed by atoms with van der Waals surface area (Å²) >= 11 is 0. The average Bonchev–Trinajstić information content (AvgIpc) is 3.03. The van der Waals surface area contributed by atoms with Crippen LogP contribution in [0, 0.1) is 0 Å². The molecule has 0 spiro atoms. The molecule has 1 aromatic carbocycles. The molecule has 0 unspecified atom stereocenters. The summed E-state index contributed by atoms with van der Waals surface area (Å²) in [7, 11) is 1.62. The van der Waals surface area contributed by atoms with Gasteiger partial charge in [-0.1, -0.05) is 37.3 Å². The first-order valence-corrected chi connectivity index (χ1v) is 8.36. The van der Waals surface area contributed by atoms with Crippen molar-refractivity contribution in [1.82, 2.24) is 15.1 Å². The molecule has 25 heavy (non-hydrogen) atoms. The molecule has 1 N–H and O–H groups in total. The predicted octanol–water partition coefficient (Wildman–Crippen LogP) is 2.66. The topological polar surface area (TPSA) is 76.5 Å². The third-order valence-corrected chi connectivity index (χ3v) is 3.63. The number of amides is 2. The van der Waals surface area contributed by atoms with Gasteiger partial charge in [-0.05, 0) is 18.9 Å². The van der Waals surface area contributed by atoms with Crippen LogP contribution in [0.4, 0.5) is 10.6 Å². The first-order chi connectivity index (χ1) is 12.1. The lowest BCUT2D eigenvalue weighted by molar-refractivity contribution is 0.0527. The minimum Gasteiger partial charge on any atom is -0.462 e. The second-order valence-corrected chi connectivity index (χ2v) is 5.54. The van der Waals surface area contributed by atoms with Crippen LogP contribution in [0.2, 0.25) is 0 Å². The van der Waals surface area contributed by atoms with Crippen LogP contribution in [0.1, 0.15) is 36.2 Å². The Morgan fingerprint density at radius 3 is 2.60 bits per heavy atom. The monoisotopic (exact) mass is 344 g/mol. The molecule has 0 aliphatic carbocycles. The van der Waals surface area contributed by atoms with Gasteiger partial charge in [0.15, 0.2) is 0 Å². The summed E-state index contributed by atoms with van der Waals surface area (Å²) in [5.41, 5.74) is 1.29. The van der Waals surface area contributed by atoms with E-state index >= 15 is 0 Å². The van der Waals surface area contributed by atoms with Gasteiger partial charge in [-0.15, -0.1) is 0 Å². The minimum absolute atomic E-state index is 0.258. The van der Waals surface area contributed by atoms with Gasteiger partial charge in [0, 0.05) is 13.6 Å². The van der Waals surface area contributed by atoms with Gasteiger partial charge in [0.25, 0.3) is 0 Å². The predicted molar refractivity (Wildman–Crippen MR) is 95.8 cm³/mol. The van der Waals surface area contributed by atoms with Crippen LogP contribution < -0.4 is 10.2 Å². The van der Waals surface area contributed by atoms with Gasteiger partial charge in [0.2, 0.25) is 0 Å². The molecular formula is C18H24N4O3. The highest BCUT2D eigenvalue weighted by molar-refractivity contribution is 6.00. The Hall–Kier alpha value is -2.83. The highest BCUT2D eigenvalue weighted by Crippen LogP contribution is 2.22. The molecule has 7 nitrogen and oxygen atoms in total. The quantitative estimate of drug-likeness (QED) is 0.784. The third-order valence-electron chi connectivity index (χ3n) is 3.63. The maximum Gasteiger partial charge on any atom is 0.343 e. The Labute approximate surface area is 147 Å². The Bertz CT molecular complexity index is 712. The minimum atomic E-state index is -0.494. The number of rotatable bonds is 7. The second kappa shape index (κ2) is 8.86. The molecule has 7 heteroatoms. The summed E-state index contributed by atoms with van der Waals surface area (Å²) in [6, 6.07) is 9.44. The van der Waals surface area contributed by atoms with E-state index < -0.39 is 5.97 Å². The number of urea groups is 1. The molecule has 0 aliphatic rings. The van der Waals surface area contributed by atoms with Crippen LogP contribution in [-0.2, 0) is 11.3 Å². The summed E-state index contributed by atoms with van der Waals surface area (Å²) in [5.74, 6) is -0.0807. The third kappa shape index (κ3) is 4.59. The van der Waals surface area contributed by atoms with E-state index in [0.29, 0.717) is 18.9 Å². The fourth-order valence-electron chi connectivity index (χ4n) is 2.40. The van der Waals surface area contributed by atoms with Crippen LogP contribution in [0.15, 0.2) is 36.5 Å². The number of ether oxygens (including phenoxy) is 1. The van der Waals surface area contributed by atoms with Crippen LogP contribution in [-0.4, -0.2) is 42.0 Å². The fourth-order valence-corrected chi connectivity index (χ4v) is 2.40. The van der Waals surface area contributed by atoms with Gasteiger partial charge in [0.1, 0.15) is 11.4 Å². The van der Waals surface area contributed by atoms with Crippen molar-refractivity contribution in [2.24, 2.45) is 0 Å². The Kier molecular flexibility index (Phi) is 6.56. The fraction of sp³-hybridized carbons (Fsp3) is 0.389.